The molecule has 1 aliphatic heterocycles. The van der Waals surface area contributed by atoms with Crippen LogP contribution < -0.4 is 5.32 Å². The Balaban J connectivity index is 1.29. The van der Waals surface area contributed by atoms with Gasteiger partial charge in [-0.1, -0.05) is 12.1 Å². The van der Waals surface area contributed by atoms with Gasteiger partial charge in [0.1, 0.15) is 6.04 Å². The van der Waals surface area contributed by atoms with E-state index in [0.29, 0.717) is 18.0 Å². The smallest absolute Gasteiger partial charge is 0.277 e. The summed E-state index contributed by atoms with van der Waals surface area (Å²) in [5, 5.41) is 3.03. The number of hydrogen-bond donors (Lipinski definition) is 1. The Morgan fingerprint density at radius 3 is 2.69 bits per heavy atom. The van der Waals surface area contributed by atoms with Crippen molar-refractivity contribution in [3.63, 3.8) is 0 Å². The maximum absolute atomic E-state index is 13.4. The molecule has 0 saturated carbocycles. The van der Waals surface area contributed by atoms with Gasteiger partial charge in [0.2, 0.25) is 0 Å². The van der Waals surface area contributed by atoms with Crippen molar-refractivity contribution in [2.75, 3.05) is 19.6 Å². The summed E-state index contributed by atoms with van der Waals surface area (Å²) in [6.45, 7) is 3.64. The van der Waals surface area contributed by atoms with Crippen molar-refractivity contribution in [3.8, 4) is 0 Å². The molecular formula is C22H24F2N3OS+. The molecule has 7 heteroatoms. The number of piperidine rings is 1. The number of fused-ring (bicyclic) bond motifs is 1. The molecule has 1 atom stereocenters. The number of amides is 1. The first-order valence-electron chi connectivity index (χ1n) is 9.93. The average molecular weight is 417 g/mol. The van der Waals surface area contributed by atoms with E-state index >= 15 is 0 Å². The van der Waals surface area contributed by atoms with E-state index in [-0.39, 0.29) is 11.9 Å². The second kappa shape index (κ2) is 8.55. The third kappa shape index (κ3) is 4.46. The van der Waals surface area contributed by atoms with Crippen LogP contribution in [-0.2, 0) is 4.79 Å². The van der Waals surface area contributed by atoms with Crippen molar-refractivity contribution < 1.29 is 18.9 Å². The van der Waals surface area contributed by atoms with Gasteiger partial charge >= 0.3 is 0 Å². The van der Waals surface area contributed by atoms with Crippen LogP contribution in [0.4, 0.5) is 8.78 Å². The van der Waals surface area contributed by atoms with Crippen LogP contribution in [0.5, 0.6) is 0 Å². The predicted molar refractivity (Wildman–Crippen MR) is 110 cm³/mol. The van der Waals surface area contributed by atoms with E-state index in [1.54, 1.807) is 17.4 Å². The molecule has 0 radical (unpaired) electrons. The molecule has 0 aliphatic carbocycles. The van der Waals surface area contributed by atoms with Gasteiger partial charge in [0.25, 0.3) is 5.91 Å². The Labute approximate surface area is 172 Å². The summed E-state index contributed by atoms with van der Waals surface area (Å²) in [5.41, 5.74) is 1.72. The highest BCUT2D eigenvalue weighted by molar-refractivity contribution is 7.18. The number of hydrogen-bond acceptors (Lipinski definition) is 3. The van der Waals surface area contributed by atoms with Crippen molar-refractivity contribution in [1.82, 2.24) is 9.88 Å². The lowest BCUT2D eigenvalue weighted by Gasteiger charge is -2.30. The van der Waals surface area contributed by atoms with Gasteiger partial charge in [-0.15, -0.1) is 11.3 Å². The zero-order valence-corrected chi connectivity index (χ0v) is 17.1. The fraction of sp³-hybridized carbons (Fsp3) is 0.364. The van der Waals surface area contributed by atoms with E-state index in [1.165, 1.54) is 10.8 Å². The maximum Gasteiger partial charge on any atom is 0.277 e. The van der Waals surface area contributed by atoms with Crippen LogP contribution in [0.3, 0.4) is 0 Å². The zero-order valence-electron chi connectivity index (χ0n) is 16.3. The lowest BCUT2D eigenvalue weighted by molar-refractivity contribution is -0.683. The molecule has 2 N–H and O–H groups in total. The molecule has 2 aromatic carbocycles. The second-order valence-corrected chi connectivity index (χ2v) is 8.64. The van der Waals surface area contributed by atoms with Crippen LogP contribution in [-0.4, -0.2) is 35.4 Å². The molecule has 1 amide bonds. The SMILES string of the molecule is C[C@@H]([NH2+]CC(=O)N1CCC(c2nc3ccccc3s2)CC1)c1ccc(F)c(F)c1. The largest absolute Gasteiger partial charge is 0.338 e. The summed E-state index contributed by atoms with van der Waals surface area (Å²) in [7, 11) is 0. The first kappa shape index (κ1) is 19.9. The number of nitrogens with two attached hydrogens (primary N) is 1. The van der Waals surface area contributed by atoms with Crippen molar-refractivity contribution in [2.24, 2.45) is 0 Å². The Morgan fingerprint density at radius 2 is 1.97 bits per heavy atom. The third-order valence-corrected chi connectivity index (χ3v) is 6.82. The maximum atomic E-state index is 13.4. The second-order valence-electron chi connectivity index (χ2n) is 7.58. The number of nitrogens with zero attached hydrogens (tertiary/aromatic N) is 2. The lowest BCUT2D eigenvalue weighted by Crippen LogP contribution is -2.87. The van der Waals surface area contributed by atoms with Gasteiger partial charge in [-0.2, -0.15) is 0 Å². The van der Waals surface area contributed by atoms with Gasteiger partial charge in [0, 0.05) is 24.6 Å². The molecule has 3 aromatic rings. The van der Waals surface area contributed by atoms with Crippen LogP contribution in [0, 0.1) is 11.6 Å². The standard InChI is InChI=1S/C22H23F2N3OS/c1-14(16-6-7-17(23)18(24)12-16)25-13-21(28)27-10-8-15(9-11-27)22-26-19-4-2-3-5-20(19)29-22/h2-7,12,14-15,25H,8-11,13H2,1H3/p+1/t14-/m1/s1. The number of rotatable bonds is 5. The first-order valence-corrected chi connectivity index (χ1v) is 10.7. The number of aromatic nitrogens is 1. The van der Waals surface area contributed by atoms with Crippen molar-refractivity contribution in [1.29, 1.82) is 0 Å². The molecule has 1 aliphatic rings. The van der Waals surface area contributed by atoms with Gasteiger partial charge in [-0.25, -0.2) is 13.8 Å². The highest BCUT2D eigenvalue weighted by atomic mass is 32.1. The van der Waals surface area contributed by atoms with Crippen molar-refractivity contribution >= 4 is 27.5 Å². The summed E-state index contributed by atoms with van der Waals surface area (Å²) in [5.74, 6) is -1.22. The van der Waals surface area contributed by atoms with E-state index < -0.39 is 11.6 Å². The molecule has 1 fully saturated rings. The minimum Gasteiger partial charge on any atom is -0.338 e. The van der Waals surface area contributed by atoms with E-state index in [0.717, 1.165) is 42.5 Å². The van der Waals surface area contributed by atoms with E-state index in [2.05, 4.69) is 6.07 Å². The number of benzene rings is 2. The molecular weight excluding hydrogens is 392 g/mol. The number of carbonyl (C=O) groups excluding carboxylic acids is 1. The van der Waals surface area contributed by atoms with Crippen LogP contribution in [0.1, 0.15) is 42.3 Å². The summed E-state index contributed by atoms with van der Waals surface area (Å²) >= 11 is 1.75. The molecule has 0 unspecified atom stereocenters. The van der Waals surface area contributed by atoms with Gasteiger partial charge in [0.15, 0.2) is 18.2 Å². The Kier molecular flexibility index (Phi) is 5.87. The van der Waals surface area contributed by atoms with Crippen LogP contribution >= 0.6 is 11.3 Å². The average Bonchev–Trinajstić information content (AvgIpc) is 3.18. The van der Waals surface area contributed by atoms with E-state index in [4.69, 9.17) is 4.98 Å². The minimum absolute atomic E-state index is 0.0854. The fourth-order valence-electron chi connectivity index (χ4n) is 3.78. The van der Waals surface area contributed by atoms with Gasteiger partial charge in [-0.3, -0.25) is 4.79 Å². The highest BCUT2D eigenvalue weighted by Gasteiger charge is 2.27. The molecule has 1 aromatic heterocycles. The lowest BCUT2D eigenvalue weighted by atomic mass is 9.97. The first-order chi connectivity index (χ1) is 14.0. The number of para-hydroxylation sites is 1. The Morgan fingerprint density at radius 1 is 1.21 bits per heavy atom. The van der Waals surface area contributed by atoms with E-state index in [1.807, 2.05) is 35.3 Å². The molecule has 1 saturated heterocycles. The molecule has 2 heterocycles. The molecule has 4 nitrogen and oxygen atoms in total. The van der Waals surface area contributed by atoms with Gasteiger partial charge in [0.05, 0.1) is 15.2 Å². The highest BCUT2D eigenvalue weighted by Crippen LogP contribution is 2.33. The minimum atomic E-state index is -0.856. The molecule has 0 bridgehead atoms. The van der Waals surface area contributed by atoms with Crippen LogP contribution in [0.15, 0.2) is 42.5 Å². The number of carbonyl (C=O) groups is 1. The Hall–Kier alpha value is -2.38. The van der Waals surface area contributed by atoms with Crippen molar-refractivity contribution in [3.05, 3.63) is 64.7 Å². The number of halogens is 2. The number of quaternary nitrogens is 1. The molecule has 0 spiro atoms. The van der Waals surface area contributed by atoms with Gasteiger partial charge < -0.3 is 10.2 Å². The quantitative estimate of drug-likeness (QED) is 0.691. The predicted octanol–water partition coefficient (Wildman–Crippen LogP) is 3.61. The summed E-state index contributed by atoms with van der Waals surface area (Å²) in [6, 6.07) is 11.9. The molecule has 29 heavy (non-hydrogen) atoms. The fourth-order valence-corrected chi connectivity index (χ4v) is 4.92. The topological polar surface area (TPSA) is 49.8 Å². The summed E-state index contributed by atoms with van der Waals surface area (Å²) < 4.78 is 27.7. The van der Waals surface area contributed by atoms with Crippen LogP contribution in [0.25, 0.3) is 10.2 Å². The summed E-state index contributed by atoms with van der Waals surface area (Å²) in [6.07, 6.45) is 1.84. The third-order valence-electron chi connectivity index (χ3n) is 5.62. The van der Waals surface area contributed by atoms with E-state index in [9.17, 15) is 13.6 Å². The summed E-state index contributed by atoms with van der Waals surface area (Å²) in [4.78, 5) is 19.3. The molecule has 152 valence electrons. The monoisotopic (exact) mass is 416 g/mol. The molecule has 4 rings (SSSR count). The number of likely N-dealkylation sites (tertiary alicyclic amines) is 1. The van der Waals surface area contributed by atoms with Gasteiger partial charge in [-0.05, 0) is 50.1 Å². The van der Waals surface area contributed by atoms with Crippen LogP contribution in [0.2, 0.25) is 0 Å². The normalized spacial score (nSPS) is 16.3. The van der Waals surface area contributed by atoms with Crippen molar-refractivity contribution in [2.45, 2.75) is 31.7 Å². The zero-order chi connectivity index (χ0) is 20.4. The Bertz CT molecular complexity index is 981. The number of thiazole rings is 1.